The zero-order valence-corrected chi connectivity index (χ0v) is 15.6. The van der Waals surface area contributed by atoms with E-state index in [-0.39, 0.29) is 17.1 Å². The van der Waals surface area contributed by atoms with Crippen LogP contribution in [0.2, 0.25) is 0 Å². The van der Waals surface area contributed by atoms with Crippen molar-refractivity contribution >= 4 is 17.3 Å². The van der Waals surface area contributed by atoms with E-state index in [0.29, 0.717) is 34.0 Å². The lowest BCUT2D eigenvalue weighted by Crippen LogP contribution is -1.98. The van der Waals surface area contributed by atoms with Crippen molar-refractivity contribution < 1.29 is 19.4 Å². The number of rotatable bonds is 7. The third-order valence-corrected chi connectivity index (χ3v) is 4.13. The lowest BCUT2D eigenvalue weighted by atomic mass is 10.1. The molecule has 0 spiro atoms. The maximum absolute atomic E-state index is 11.5. The molecule has 3 aromatic rings. The zero-order valence-electron chi connectivity index (χ0n) is 15.6. The average Bonchev–Trinajstić information content (AvgIpc) is 2.68. The fraction of sp³-hybridized carbons (Fsp3) is 0.0952. The van der Waals surface area contributed by atoms with Crippen LogP contribution < -0.4 is 9.47 Å². The number of hydrogen-bond acceptors (Lipinski definition) is 7. The van der Waals surface area contributed by atoms with Gasteiger partial charge in [-0.05, 0) is 83.9 Å². The van der Waals surface area contributed by atoms with Crippen LogP contribution in [-0.4, -0.2) is 11.1 Å². The van der Waals surface area contributed by atoms with Crippen molar-refractivity contribution in [2.24, 2.45) is 10.4 Å². The molecule has 0 aliphatic heterocycles. The van der Waals surface area contributed by atoms with Crippen LogP contribution >= 0.6 is 0 Å². The SMILES string of the molecule is Cc1cc(Oc2cc(Oc3ccc(N=O)c(C)c3)cc(C(=O)O)c2)ccc1N=O. The smallest absolute Gasteiger partial charge is 0.335 e. The van der Waals surface area contributed by atoms with Crippen LogP contribution in [0, 0.1) is 23.7 Å². The molecule has 29 heavy (non-hydrogen) atoms. The van der Waals surface area contributed by atoms with Gasteiger partial charge in [0.05, 0.1) is 5.56 Å². The van der Waals surface area contributed by atoms with Crippen molar-refractivity contribution in [1.82, 2.24) is 0 Å². The summed E-state index contributed by atoms with van der Waals surface area (Å²) in [5, 5.41) is 15.2. The summed E-state index contributed by atoms with van der Waals surface area (Å²) in [5.74, 6) is 0.179. The predicted octanol–water partition coefficient (Wildman–Crippen LogP) is 6.38. The minimum atomic E-state index is -1.14. The molecule has 0 saturated heterocycles. The van der Waals surface area contributed by atoms with Gasteiger partial charge in [0.2, 0.25) is 0 Å². The highest BCUT2D eigenvalue weighted by Gasteiger charge is 2.12. The lowest BCUT2D eigenvalue weighted by molar-refractivity contribution is 0.0696. The van der Waals surface area contributed by atoms with E-state index >= 15 is 0 Å². The van der Waals surface area contributed by atoms with Crippen molar-refractivity contribution in [2.45, 2.75) is 13.8 Å². The van der Waals surface area contributed by atoms with E-state index in [2.05, 4.69) is 10.4 Å². The molecule has 0 amide bonds. The van der Waals surface area contributed by atoms with Crippen LogP contribution in [0.1, 0.15) is 21.5 Å². The second kappa shape index (κ2) is 8.30. The number of hydrogen-bond donors (Lipinski definition) is 1. The summed E-state index contributed by atoms with van der Waals surface area (Å²) in [6.45, 7) is 3.43. The molecule has 0 unspecified atom stereocenters. The van der Waals surface area contributed by atoms with E-state index < -0.39 is 5.97 Å². The molecule has 146 valence electrons. The van der Waals surface area contributed by atoms with Crippen LogP contribution in [0.25, 0.3) is 0 Å². The molecule has 0 bridgehead atoms. The Balaban J connectivity index is 1.92. The predicted molar refractivity (Wildman–Crippen MR) is 107 cm³/mol. The number of carboxylic acid groups (broad SMARTS) is 1. The summed E-state index contributed by atoms with van der Waals surface area (Å²) in [6.07, 6.45) is 0. The van der Waals surface area contributed by atoms with Gasteiger partial charge in [0.1, 0.15) is 34.4 Å². The second-order valence-electron chi connectivity index (χ2n) is 6.28. The molecule has 8 nitrogen and oxygen atoms in total. The van der Waals surface area contributed by atoms with E-state index in [9.17, 15) is 19.7 Å². The summed E-state index contributed by atoms with van der Waals surface area (Å²) < 4.78 is 11.5. The molecule has 0 aliphatic rings. The van der Waals surface area contributed by atoms with Crippen LogP contribution in [0.15, 0.2) is 65.0 Å². The number of aryl methyl sites for hydroxylation is 2. The van der Waals surface area contributed by atoms with Gasteiger partial charge in [0.25, 0.3) is 0 Å². The number of ether oxygens (including phenoxy) is 2. The molecular formula is C21H16N2O6. The molecule has 0 saturated carbocycles. The zero-order chi connectivity index (χ0) is 21.0. The minimum absolute atomic E-state index is 0.0247. The standard InChI is InChI=1S/C21H16N2O6/c1-12-7-15(3-5-19(12)22-26)28-17-9-14(21(24)25)10-18(11-17)29-16-4-6-20(23-27)13(2)8-16/h3-11H,1-2H3,(H,24,25). The lowest BCUT2D eigenvalue weighted by Gasteiger charge is -2.12. The van der Waals surface area contributed by atoms with Gasteiger partial charge >= 0.3 is 5.97 Å². The Morgan fingerprint density at radius 2 is 1.17 bits per heavy atom. The summed E-state index contributed by atoms with van der Waals surface area (Å²) in [4.78, 5) is 32.9. The summed E-state index contributed by atoms with van der Waals surface area (Å²) >= 11 is 0. The summed E-state index contributed by atoms with van der Waals surface area (Å²) in [5.41, 5.74) is 1.82. The van der Waals surface area contributed by atoms with E-state index in [1.807, 2.05) is 0 Å². The third-order valence-electron chi connectivity index (χ3n) is 4.13. The van der Waals surface area contributed by atoms with E-state index in [1.165, 1.54) is 30.3 Å². The fourth-order valence-corrected chi connectivity index (χ4v) is 2.67. The average molecular weight is 392 g/mol. The first-order chi connectivity index (χ1) is 13.9. The van der Waals surface area contributed by atoms with E-state index in [1.54, 1.807) is 38.1 Å². The number of carboxylic acids is 1. The van der Waals surface area contributed by atoms with E-state index in [0.717, 1.165) is 0 Å². The number of benzene rings is 3. The highest BCUT2D eigenvalue weighted by atomic mass is 16.5. The normalized spacial score (nSPS) is 10.3. The molecule has 0 atom stereocenters. The molecule has 0 aliphatic carbocycles. The molecule has 3 aromatic carbocycles. The monoisotopic (exact) mass is 392 g/mol. The first-order valence-corrected chi connectivity index (χ1v) is 8.51. The highest BCUT2D eigenvalue weighted by molar-refractivity contribution is 5.88. The Morgan fingerprint density at radius 1 is 0.724 bits per heavy atom. The molecule has 1 N–H and O–H groups in total. The Morgan fingerprint density at radius 3 is 1.52 bits per heavy atom. The number of aromatic carboxylic acids is 1. The number of carbonyl (C=O) groups is 1. The Bertz CT molecular complexity index is 1030. The molecular weight excluding hydrogens is 376 g/mol. The van der Waals surface area contributed by atoms with Gasteiger partial charge in [-0.3, -0.25) is 0 Å². The first kappa shape index (κ1) is 19.7. The number of nitroso groups, excluding NO2 is 2. The Labute approximate surface area is 165 Å². The number of nitrogens with zero attached hydrogens (tertiary/aromatic N) is 2. The summed E-state index contributed by atoms with van der Waals surface area (Å²) in [6, 6.07) is 13.7. The quantitative estimate of drug-likeness (QED) is 0.466. The van der Waals surface area contributed by atoms with Crippen molar-refractivity contribution in [3.05, 3.63) is 81.1 Å². The topological polar surface area (TPSA) is 115 Å². The fourth-order valence-electron chi connectivity index (χ4n) is 2.67. The van der Waals surface area contributed by atoms with Crippen molar-refractivity contribution in [3.8, 4) is 23.0 Å². The van der Waals surface area contributed by atoms with Gasteiger partial charge in [-0.25, -0.2) is 4.79 Å². The van der Waals surface area contributed by atoms with Crippen molar-refractivity contribution in [2.75, 3.05) is 0 Å². The van der Waals surface area contributed by atoms with Gasteiger partial charge in [0, 0.05) is 6.07 Å². The maximum Gasteiger partial charge on any atom is 0.335 e. The molecule has 0 radical (unpaired) electrons. The first-order valence-electron chi connectivity index (χ1n) is 8.51. The van der Waals surface area contributed by atoms with Crippen LogP contribution in [0.4, 0.5) is 11.4 Å². The third kappa shape index (κ3) is 4.62. The largest absolute Gasteiger partial charge is 0.478 e. The van der Waals surface area contributed by atoms with Crippen LogP contribution in [0.5, 0.6) is 23.0 Å². The van der Waals surface area contributed by atoms with Crippen molar-refractivity contribution in [1.29, 1.82) is 0 Å². The Hall–Kier alpha value is -4.07. The minimum Gasteiger partial charge on any atom is -0.478 e. The van der Waals surface area contributed by atoms with E-state index in [4.69, 9.17) is 9.47 Å². The van der Waals surface area contributed by atoms with Gasteiger partial charge in [-0.1, -0.05) is 0 Å². The molecule has 0 aromatic heterocycles. The van der Waals surface area contributed by atoms with Crippen molar-refractivity contribution in [3.63, 3.8) is 0 Å². The van der Waals surface area contributed by atoms with Crippen LogP contribution in [-0.2, 0) is 0 Å². The molecule has 0 fully saturated rings. The molecule has 8 heteroatoms. The molecule has 3 rings (SSSR count). The maximum atomic E-state index is 11.5. The highest BCUT2D eigenvalue weighted by Crippen LogP contribution is 2.33. The second-order valence-corrected chi connectivity index (χ2v) is 6.28. The van der Waals surface area contributed by atoms with Crippen LogP contribution in [0.3, 0.4) is 0 Å². The molecule has 0 heterocycles. The van der Waals surface area contributed by atoms with Gasteiger partial charge in [-0.2, -0.15) is 0 Å². The summed E-state index contributed by atoms with van der Waals surface area (Å²) in [7, 11) is 0. The van der Waals surface area contributed by atoms with Gasteiger partial charge in [-0.15, -0.1) is 9.81 Å². The Kier molecular flexibility index (Phi) is 5.64. The van der Waals surface area contributed by atoms with Gasteiger partial charge in [0.15, 0.2) is 0 Å². The van der Waals surface area contributed by atoms with Gasteiger partial charge < -0.3 is 14.6 Å².